The molecule has 0 spiro atoms. The largest absolute Gasteiger partial charge is 0.508 e. The monoisotopic (exact) mass is 396 g/mol. The maximum Gasteiger partial charge on any atom is 0.475 e. The summed E-state index contributed by atoms with van der Waals surface area (Å²) in [4.78, 5) is 0. The first-order valence-corrected chi connectivity index (χ1v) is 11.2. The number of phenolic OH excluding ortho intramolecular Hbond substituents is 1. The first kappa shape index (κ1) is 22.3. The molecule has 144 valence electrons. The van der Waals surface area contributed by atoms with Crippen LogP contribution in [0.4, 0.5) is 0 Å². The van der Waals surface area contributed by atoms with Crippen molar-refractivity contribution in [1.82, 2.24) is 0 Å². The quantitative estimate of drug-likeness (QED) is 0.500. The van der Waals surface area contributed by atoms with Crippen LogP contribution in [0.25, 0.3) is 0 Å². The van der Waals surface area contributed by atoms with Gasteiger partial charge >= 0.3 is 15.4 Å². The van der Waals surface area contributed by atoms with E-state index in [0.717, 1.165) is 0 Å². The zero-order valence-electron chi connectivity index (χ0n) is 14.9. The third-order valence-electron chi connectivity index (χ3n) is 2.86. The van der Waals surface area contributed by atoms with E-state index >= 15 is 0 Å². The lowest BCUT2D eigenvalue weighted by Crippen LogP contribution is -2.12. The Hall–Kier alpha value is -0.720. The summed E-state index contributed by atoms with van der Waals surface area (Å²) < 4.78 is 52.4. The van der Waals surface area contributed by atoms with E-state index in [1.165, 1.54) is 18.2 Å². The number of hydrogen-bond acceptors (Lipinski definition) is 8. The van der Waals surface area contributed by atoms with Gasteiger partial charge in [-0.3, -0.25) is 18.1 Å². The van der Waals surface area contributed by atoms with Crippen molar-refractivity contribution in [3.05, 3.63) is 29.8 Å². The van der Waals surface area contributed by atoms with Gasteiger partial charge in [-0.05, 0) is 45.4 Å². The fraction of sp³-hybridized carbons (Fsp3) is 0.600. The minimum Gasteiger partial charge on any atom is -0.508 e. The summed E-state index contributed by atoms with van der Waals surface area (Å²) in [5.41, 5.74) is 0.268. The SMILES string of the molecule is CCOP(=O)(OCC)OC(c1cccc(O)c1)P(=O)(OCC)OCC. The van der Waals surface area contributed by atoms with E-state index in [-0.39, 0.29) is 37.7 Å². The molecule has 0 saturated heterocycles. The van der Waals surface area contributed by atoms with Crippen molar-refractivity contribution in [2.45, 2.75) is 33.5 Å². The van der Waals surface area contributed by atoms with Gasteiger partial charge in [-0.15, -0.1) is 0 Å². The lowest BCUT2D eigenvalue weighted by molar-refractivity contribution is 0.0892. The van der Waals surface area contributed by atoms with E-state index in [2.05, 4.69) is 0 Å². The van der Waals surface area contributed by atoms with Crippen molar-refractivity contribution < 1.29 is 36.9 Å². The molecule has 0 radical (unpaired) electrons. The first-order chi connectivity index (χ1) is 11.8. The minimum atomic E-state index is -4.01. The normalized spacial score (nSPS) is 13.8. The fourth-order valence-electron chi connectivity index (χ4n) is 2.05. The molecule has 0 heterocycles. The number of hydrogen-bond donors (Lipinski definition) is 1. The van der Waals surface area contributed by atoms with Gasteiger partial charge in [0.2, 0.25) is 0 Å². The number of benzene rings is 1. The molecule has 1 atom stereocenters. The summed E-state index contributed by atoms with van der Waals surface area (Å²) in [6.07, 6.45) is 0. The van der Waals surface area contributed by atoms with Gasteiger partial charge in [0.25, 0.3) is 0 Å². The number of phosphoric acid groups is 1. The molecule has 10 heteroatoms. The molecule has 1 aromatic rings. The van der Waals surface area contributed by atoms with Crippen molar-refractivity contribution >= 4 is 15.4 Å². The highest BCUT2D eigenvalue weighted by Crippen LogP contribution is 2.67. The predicted molar refractivity (Wildman–Crippen MR) is 93.6 cm³/mol. The number of rotatable bonds is 12. The molecule has 1 N–H and O–H groups in total. The Kier molecular flexibility index (Phi) is 9.32. The van der Waals surface area contributed by atoms with Gasteiger partial charge < -0.3 is 14.2 Å². The van der Waals surface area contributed by atoms with Crippen molar-refractivity contribution in [2.75, 3.05) is 26.4 Å². The second-order valence-electron chi connectivity index (χ2n) is 4.71. The third kappa shape index (κ3) is 6.50. The van der Waals surface area contributed by atoms with Crippen LogP contribution in [0.3, 0.4) is 0 Å². The topological polar surface area (TPSA) is 101 Å². The Balaban J connectivity index is 3.36. The van der Waals surface area contributed by atoms with Crippen LogP contribution in [0.2, 0.25) is 0 Å². The highest BCUT2D eigenvalue weighted by atomic mass is 31.2. The molecule has 1 unspecified atom stereocenters. The van der Waals surface area contributed by atoms with Gasteiger partial charge in [-0.2, -0.15) is 0 Å². The third-order valence-corrected chi connectivity index (χ3v) is 6.86. The van der Waals surface area contributed by atoms with Crippen LogP contribution in [0, 0.1) is 0 Å². The molecule has 0 fully saturated rings. The predicted octanol–water partition coefficient (Wildman–Crippen LogP) is 4.85. The van der Waals surface area contributed by atoms with Gasteiger partial charge in [0.1, 0.15) is 5.75 Å². The lowest BCUT2D eigenvalue weighted by atomic mass is 10.2. The first-order valence-electron chi connectivity index (χ1n) is 8.09. The maximum atomic E-state index is 13.2. The molecule has 0 aliphatic rings. The Morgan fingerprint density at radius 3 is 1.88 bits per heavy atom. The molecule has 0 aliphatic carbocycles. The summed E-state index contributed by atoms with van der Waals surface area (Å²) in [5.74, 6) is -1.46. The van der Waals surface area contributed by atoms with E-state index in [9.17, 15) is 14.2 Å². The van der Waals surface area contributed by atoms with E-state index in [0.29, 0.717) is 0 Å². The van der Waals surface area contributed by atoms with E-state index in [1.807, 2.05) is 0 Å². The second kappa shape index (κ2) is 10.4. The van der Waals surface area contributed by atoms with Crippen molar-refractivity contribution in [2.24, 2.45) is 0 Å². The van der Waals surface area contributed by atoms with Crippen molar-refractivity contribution in [1.29, 1.82) is 0 Å². The van der Waals surface area contributed by atoms with E-state index < -0.39 is 21.3 Å². The van der Waals surface area contributed by atoms with Crippen LogP contribution in [0.1, 0.15) is 39.1 Å². The highest BCUT2D eigenvalue weighted by Gasteiger charge is 2.44. The Bertz CT molecular complexity index is 601. The molecular weight excluding hydrogens is 370 g/mol. The van der Waals surface area contributed by atoms with Gasteiger partial charge in [0.15, 0.2) is 5.85 Å². The Morgan fingerprint density at radius 1 is 0.920 bits per heavy atom. The Morgan fingerprint density at radius 2 is 1.44 bits per heavy atom. The van der Waals surface area contributed by atoms with Gasteiger partial charge in [-0.1, -0.05) is 12.1 Å². The van der Waals surface area contributed by atoms with Crippen LogP contribution < -0.4 is 0 Å². The zero-order valence-corrected chi connectivity index (χ0v) is 16.7. The average Bonchev–Trinajstić information content (AvgIpc) is 2.53. The van der Waals surface area contributed by atoms with Gasteiger partial charge in [-0.25, -0.2) is 4.57 Å². The van der Waals surface area contributed by atoms with Crippen LogP contribution in [0.15, 0.2) is 24.3 Å². The highest BCUT2D eigenvalue weighted by molar-refractivity contribution is 7.55. The molecule has 0 bridgehead atoms. The standard InChI is InChI=1S/C15H26O8P2/c1-5-19-24(17,20-6-2)15(13-10-9-11-14(16)12-13)23-25(18,21-7-3)22-8-4/h9-12,15-16H,5-8H2,1-4H3. The summed E-state index contributed by atoms with van der Waals surface area (Å²) >= 11 is 0. The second-order valence-corrected chi connectivity index (χ2v) is 8.40. The summed E-state index contributed by atoms with van der Waals surface area (Å²) in [7, 11) is -7.89. The smallest absolute Gasteiger partial charge is 0.475 e. The minimum absolute atomic E-state index is 0.0671. The number of aromatic hydroxyl groups is 1. The molecule has 0 amide bonds. The number of phosphoric ester groups is 1. The molecule has 8 nitrogen and oxygen atoms in total. The lowest BCUT2D eigenvalue weighted by Gasteiger charge is -2.29. The Labute approximate surface area is 148 Å². The van der Waals surface area contributed by atoms with E-state index in [1.54, 1.807) is 33.8 Å². The van der Waals surface area contributed by atoms with Gasteiger partial charge in [0.05, 0.1) is 26.4 Å². The van der Waals surface area contributed by atoms with Crippen LogP contribution >= 0.6 is 15.4 Å². The van der Waals surface area contributed by atoms with Gasteiger partial charge in [0, 0.05) is 0 Å². The van der Waals surface area contributed by atoms with Crippen LogP contribution in [0.5, 0.6) is 5.75 Å². The van der Waals surface area contributed by atoms with E-state index in [4.69, 9.17) is 22.6 Å². The molecule has 1 aromatic carbocycles. The van der Waals surface area contributed by atoms with Crippen molar-refractivity contribution in [3.63, 3.8) is 0 Å². The maximum absolute atomic E-state index is 13.2. The number of phenols is 1. The molecule has 0 aromatic heterocycles. The van der Waals surface area contributed by atoms with Crippen molar-refractivity contribution in [3.8, 4) is 5.75 Å². The average molecular weight is 396 g/mol. The fourth-order valence-corrected chi connectivity index (χ4v) is 5.64. The van der Waals surface area contributed by atoms with Crippen LogP contribution in [-0.2, 0) is 31.7 Å². The molecule has 0 aliphatic heterocycles. The zero-order chi connectivity index (χ0) is 18.9. The molecule has 1 rings (SSSR count). The summed E-state index contributed by atoms with van der Waals surface area (Å²) in [6.45, 7) is 6.86. The molecular formula is C15H26O8P2. The molecule has 0 saturated carbocycles. The van der Waals surface area contributed by atoms with Crippen LogP contribution in [-0.4, -0.2) is 31.5 Å². The summed E-state index contributed by atoms with van der Waals surface area (Å²) in [6, 6.07) is 5.86. The summed E-state index contributed by atoms with van der Waals surface area (Å²) in [5, 5.41) is 9.73. The molecule has 25 heavy (non-hydrogen) atoms.